The second-order valence-corrected chi connectivity index (χ2v) is 12.4. The van der Waals surface area contributed by atoms with E-state index >= 15 is 0 Å². The number of sulfonamides is 2. The van der Waals surface area contributed by atoms with Gasteiger partial charge in [-0.05, 0) is 79.6 Å². The molecule has 0 atom stereocenters. The minimum absolute atomic E-state index is 0.0334. The molecule has 0 aliphatic heterocycles. The molecule has 3 N–H and O–H groups in total. The largest absolute Gasteiger partial charge is 0.497 e. The summed E-state index contributed by atoms with van der Waals surface area (Å²) in [4.78, 5) is 12.9. The lowest BCUT2D eigenvalue weighted by Crippen LogP contribution is -2.17. The second-order valence-electron chi connectivity index (χ2n) is 9.05. The van der Waals surface area contributed by atoms with Crippen LogP contribution in [0.5, 0.6) is 11.5 Å². The van der Waals surface area contributed by atoms with Crippen molar-refractivity contribution in [1.29, 1.82) is 0 Å². The Morgan fingerprint density at radius 3 is 2.02 bits per heavy atom. The Hall–Kier alpha value is -4.55. The number of carbonyl (C=O) groups is 1. The molecule has 0 aromatic heterocycles. The molecule has 0 aliphatic rings. The lowest BCUT2D eigenvalue weighted by atomic mass is 10.1. The van der Waals surface area contributed by atoms with Gasteiger partial charge in [-0.3, -0.25) is 14.2 Å². The molecule has 0 fully saturated rings. The summed E-state index contributed by atoms with van der Waals surface area (Å²) in [6.45, 7) is 3.43. The molecule has 0 aliphatic carbocycles. The van der Waals surface area contributed by atoms with Crippen molar-refractivity contribution < 1.29 is 31.1 Å². The van der Waals surface area contributed by atoms with E-state index in [1.165, 1.54) is 56.7 Å². The number of amides is 1. The first-order valence-corrected chi connectivity index (χ1v) is 15.3. The maximum atomic E-state index is 13.1. The highest BCUT2D eigenvalue weighted by molar-refractivity contribution is 7.93. The first kappa shape index (κ1) is 29.4. The number of carbonyl (C=O) groups excluding carboxylic acids is 1. The fourth-order valence-corrected chi connectivity index (χ4v) is 6.40. The lowest BCUT2D eigenvalue weighted by molar-refractivity contribution is 0.102. The SMILES string of the molecule is COc1ccc(OC)c(NS(=O)(=O)c2ccc(NC(=O)c3ccc(C)c(S(=O)(=O)Nc4ccccc4C)c3)cc2)c1. The van der Waals surface area contributed by atoms with Gasteiger partial charge in [0.1, 0.15) is 11.5 Å². The van der Waals surface area contributed by atoms with E-state index in [0.29, 0.717) is 28.4 Å². The lowest BCUT2D eigenvalue weighted by Gasteiger charge is -2.14. The van der Waals surface area contributed by atoms with E-state index in [1.54, 1.807) is 56.3 Å². The Kier molecular flexibility index (Phi) is 8.55. The Morgan fingerprint density at radius 1 is 0.683 bits per heavy atom. The number of hydrogen-bond acceptors (Lipinski definition) is 7. The zero-order valence-electron chi connectivity index (χ0n) is 22.8. The number of nitrogens with one attached hydrogen (secondary N) is 3. The summed E-state index contributed by atoms with van der Waals surface area (Å²) in [5.41, 5.74) is 2.30. The number of rotatable bonds is 10. The molecule has 0 spiro atoms. The Labute approximate surface area is 239 Å². The van der Waals surface area contributed by atoms with Gasteiger partial charge in [0.25, 0.3) is 26.0 Å². The van der Waals surface area contributed by atoms with Crippen LogP contribution in [0, 0.1) is 13.8 Å². The molecule has 4 aromatic carbocycles. The fourth-order valence-electron chi connectivity index (χ4n) is 3.94. The molecule has 1 amide bonds. The van der Waals surface area contributed by atoms with E-state index < -0.39 is 26.0 Å². The predicted octanol–water partition coefficient (Wildman–Crippen LogP) is 5.17. The van der Waals surface area contributed by atoms with Gasteiger partial charge >= 0.3 is 0 Å². The average Bonchev–Trinajstić information content (AvgIpc) is 2.94. The quantitative estimate of drug-likeness (QED) is 0.230. The highest BCUT2D eigenvalue weighted by Gasteiger charge is 2.21. The van der Waals surface area contributed by atoms with Crippen LogP contribution in [0.2, 0.25) is 0 Å². The summed E-state index contributed by atoms with van der Waals surface area (Å²) in [6.07, 6.45) is 0. The molecule has 4 rings (SSSR count). The molecule has 0 saturated carbocycles. The van der Waals surface area contributed by atoms with Crippen LogP contribution in [0.25, 0.3) is 0 Å². The highest BCUT2D eigenvalue weighted by atomic mass is 32.2. The van der Waals surface area contributed by atoms with Crippen LogP contribution < -0.4 is 24.2 Å². The number of ether oxygens (including phenoxy) is 2. The second kappa shape index (κ2) is 11.9. The topological polar surface area (TPSA) is 140 Å². The Morgan fingerprint density at radius 2 is 1.37 bits per heavy atom. The summed E-state index contributed by atoms with van der Waals surface area (Å²) in [5, 5.41) is 2.67. The molecule has 41 heavy (non-hydrogen) atoms. The molecule has 0 saturated heterocycles. The third kappa shape index (κ3) is 6.79. The maximum absolute atomic E-state index is 13.1. The van der Waals surface area contributed by atoms with Gasteiger partial charge in [-0.15, -0.1) is 0 Å². The summed E-state index contributed by atoms with van der Waals surface area (Å²) >= 11 is 0. The smallest absolute Gasteiger partial charge is 0.262 e. The van der Waals surface area contributed by atoms with Crippen LogP contribution in [0.15, 0.2) is 94.7 Å². The molecule has 214 valence electrons. The summed E-state index contributed by atoms with van der Waals surface area (Å²) in [7, 11) is -5.08. The molecular weight excluding hydrogens is 566 g/mol. The van der Waals surface area contributed by atoms with E-state index in [0.717, 1.165) is 5.56 Å². The van der Waals surface area contributed by atoms with E-state index in [9.17, 15) is 21.6 Å². The Balaban J connectivity index is 1.51. The van der Waals surface area contributed by atoms with E-state index in [1.807, 2.05) is 0 Å². The number of aryl methyl sites for hydroxylation is 2. The number of methoxy groups -OCH3 is 2. The first-order valence-electron chi connectivity index (χ1n) is 12.3. The van der Waals surface area contributed by atoms with Gasteiger partial charge in [0.15, 0.2) is 0 Å². The maximum Gasteiger partial charge on any atom is 0.262 e. The normalized spacial score (nSPS) is 11.4. The minimum Gasteiger partial charge on any atom is -0.497 e. The minimum atomic E-state index is -4.00. The van der Waals surface area contributed by atoms with Crippen molar-refractivity contribution in [3.05, 3.63) is 102 Å². The van der Waals surface area contributed by atoms with Gasteiger partial charge in [0.05, 0.1) is 35.4 Å². The summed E-state index contributed by atoms with van der Waals surface area (Å²) in [5.74, 6) is 0.193. The molecule has 0 radical (unpaired) electrons. The fraction of sp³-hybridized carbons (Fsp3) is 0.138. The van der Waals surface area contributed by atoms with E-state index in [2.05, 4.69) is 14.8 Å². The van der Waals surface area contributed by atoms with Gasteiger partial charge < -0.3 is 14.8 Å². The van der Waals surface area contributed by atoms with Crippen LogP contribution >= 0.6 is 0 Å². The third-order valence-electron chi connectivity index (χ3n) is 6.20. The molecular formula is C29H29N3O7S2. The molecule has 0 unspecified atom stereocenters. The molecule has 0 bridgehead atoms. The molecule has 0 heterocycles. The van der Waals surface area contributed by atoms with Crippen LogP contribution in [0.1, 0.15) is 21.5 Å². The van der Waals surface area contributed by atoms with Gasteiger partial charge in [0.2, 0.25) is 0 Å². The monoisotopic (exact) mass is 595 g/mol. The Bertz CT molecular complexity index is 1800. The number of para-hydroxylation sites is 1. The van der Waals surface area contributed by atoms with Crippen molar-refractivity contribution in [3.63, 3.8) is 0 Å². The van der Waals surface area contributed by atoms with Crippen molar-refractivity contribution in [2.45, 2.75) is 23.6 Å². The van der Waals surface area contributed by atoms with Gasteiger partial charge in [-0.25, -0.2) is 16.8 Å². The summed E-state index contributed by atoms with van der Waals surface area (Å²) < 4.78 is 67.7. The van der Waals surface area contributed by atoms with Crippen molar-refractivity contribution >= 4 is 43.0 Å². The molecule has 12 heteroatoms. The average molecular weight is 596 g/mol. The zero-order valence-corrected chi connectivity index (χ0v) is 24.4. The molecule has 10 nitrogen and oxygen atoms in total. The summed E-state index contributed by atoms with van der Waals surface area (Å²) in [6, 6.07) is 21.6. The van der Waals surface area contributed by atoms with Crippen molar-refractivity contribution in [2.75, 3.05) is 29.0 Å². The van der Waals surface area contributed by atoms with Crippen LogP contribution in [0.3, 0.4) is 0 Å². The predicted molar refractivity (Wildman–Crippen MR) is 158 cm³/mol. The van der Waals surface area contributed by atoms with Gasteiger partial charge in [0, 0.05) is 17.3 Å². The van der Waals surface area contributed by atoms with Gasteiger partial charge in [-0.1, -0.05) is 24.3 Å². The van der Waals surface area contributed by atoms with Crippen LogP contribution in [-0.2, 0) is 20.0 Å². The number of anilines is 3. The van der Waals surface area contributed by atoms with E-state index in [4.69, 9.17) is 9.47 Å². The third-order valence-corrected chi connectivity index (χ3v) is 9.09. The van der Waals surface area contributed by atoms with Gasteiger partial charge in [-0.2, -0.15) is 0 Å². The standard InChI is InChI=1S/C29H29N3O7S2/c1-19-7-5-6-8-25(19)31-41(36,37)28-17-21(10-9-20(28)2)29(33)30-22-11-14-24(15-12-22)40(34,35)32-26-18-23(38-3)13-16-27(26)39-4/h5-18,31-32H,1-4H3,(H,30,33). The van der Waals surface area contributed by atoms with Crippen LogP contribution in [0.4, 0.5) is 17.1 Å². The molecule has 4 aromatic rings. The zero-order chi connectivity index (χ0) is 29.8. The number of benzene rings is 4. The van der Waals surface area contributed by atoms with E-state index in [-0.39, 0.29) is 21.0 Å². The number of hydrogen-bond donors (Lipinski definition) is 3. The van der Waals surface area contributed by atoms with Crippen molar-refractivity contribution in [1.82, 2.24) is 0 Å². The highest BCUT2D eigenvalue weighted by Crippen LogP contribution is 2.31. The van der Waals surface area contributed by atoms with Crippen LogP contribution in [-0.4, -0.2) is 37.0 Å². The van der Waals surface area contributed by atoms with Crippen molar-refractivity contribution in [2.24, 2.45) is 0 Å². The van der Waals surface area contributed by atoms with Crippen molar-refractivity contribution in [3.8, 4) is 11.5 Å². The first-order chi connectivity index (χ1) is 19.4.